The average Bonchev–Trinajstić information content (AvgIpc) is 3.59. The molecule has 0 amide bonds. The molecule has 0 radical (unpaired) electrons. The maximum atomic E-state index is 2.55. The molecule has 0 bridgehead atoms. The minimum absolute atomic E-state index is 0.178. The van der Waals surface area contributed by atoms with E-state index in [0.29, 0.717) is 0 Å². The Kier molecular flexibility index (Phi) is 8.91. The van der Waals surface area contributed by atoms with E-state index in [1.165, 1.54) is 99.1 Å². The first kappa shape index (κ1) is 37.7. The van der Waals surface area contributed by atoms with E-state index in [1.54, 1.807) is 0 Å². The third kappa shape index (κ3) is 6.15. The average molecular weight is 816 g/mol. The summed E-state index contributed by atoms with van der Waals surface area (Å²) in [7, 11) is 0. The van der Waals surface area contributed by atoms with Gasteiger partial charge in [0.25, 0.3) is 0 Å². The predicted molar refractivity (Wildman–Crippen MR) is 273 cm³/mol. The molecule has 1 aliphatic carbocycles. The molecule has 0 heterocycles. The summed E-state index contributed by atoms with van der Waals surface area (Å²) >= 11 is 0. The van der Waals surface area contributed by atoms with Gasteiger partial charge in [-0.15, -0.1) is 0 Å². The van der Waals surface area contributed by atoms with Gasteiger partial charge in [-0.1, -0.05) is 208 Å². The largest absolute Gasteiger partial charge is 0.309 e. The Bertz CT molecular complexity index is 3600. The highest BCUT2D eigenvalue weighted by Crippen LogP contribution is 2.54. The second-order valence-corrected chi connectivity index (χ2v) is 17.7. The van der Waals surface area contributed by atoms with E-state index in [1.807, 2.05) is 0 Å². The van der Waals surface area contributed by atoms with Crippen LogP contribution in [0.5, 0.6) is 0 Å². The van der Waals surface area contributed by atoms with Crippen molar-refractivity contribution in [3.05, 3.63) is 248 Å². The van der Waals surface area contributed by atoms with Crippen LogP contribution >= 0.6 is 0 Å². The molecule has 1 nitrogen and oxygen atoms in total. The summed E-state index contributed by atoms with van der Waals surface area (Å²) in [4.78, 5) is 2.55. The predicted octanol–water partition coefficient (Wildman–Crippen LogP) is 17.6. The van der Waals surface area contributed by atoms with Crippen molar-refractivity contribution in [2.75, 3.05) is 4.90 Å². The Hall–Kier alpha value is -8.00. The number of benzene rings is 11. The molecule has 0 saturated carbocycles. The van der Waals surface area contributed by atoms with Crippen molar-refractivity contribution in [2.45, 2.75) is 19.3 Å². The highest BCUT2D eigenvalue weighted by atomic mass is 15.1. The van der Waals surface area contributed by atoms with E-state index in [4.69, 9.17) is 0 Å². The number of rotatable bonds is 7. The molecule has 1 aliphatic rings. The molecule has 12 rings (SSSR count). The van der Waals surface area contributed by atoms with Crippen molar-refractivity contribution in [1.82, 2.24) is 0 Å². The van der Waals surface area contributed by atoms with Gasteiger partial charge in [0.2, 0.25) is 0 Å². The normalized spacial score (nSPS) is 12.7. The van der Waals surface area contributed by atoms with Crippen LogP contribution in [0.25, 0.3) is 88.0 Å². The Morgan fingerprint density at radius 2 is 0.891 bits per heavy atom. The number of fused-ring (bicyclic) bond motifs is 7. The lowest BCUT2D eigenvalue weighted by molar-refractivity contribution is 0.660. The molecule has 11 aromatic rings. The summed E-state index contributed by atoms with van der Waals surface area (Å²) in [5.41, 5.74) is 18.0. The van der Waals surface area contributed by atoms with Gasteiger partial charge in [0.1, 0.15) is 0 Å². The third-order valence-electron chi connectivity index (χ3n) is 13.6. The zero-order valence-electron chi connectivity index (χ0n) is 36.0. The molecule has 0 spiro atoms. The van der Waals surface area contributed by atoms with Gasteiger partial charge in [0.15, 0.2) is 0 Å². The third-order valence-corrected chi connectivity index (χ3v) is 13.6. The van der Waals surface area contributed by atoms with E-state index in [-0.39, 0.29) is 5.41 Å². The SMILES string of the molecule is CC1(C)c2ccccc2-c2ccc(N(c3ccccc3-c3ccc4ccccc4c3)c3cccc(-c4cccc(-c5ccccc5)c4)c3-c3cc4ccccc4c4ccccc34)cc21. The van der Waals surface area contributed by atoms with Gasteiger partial charge in [0, 0.05) is 22.2 Å². The van der Waals surface area contributed by atoms with Crippen molar-refractivity contribution in [3.63, 3.8) is 0 Å². The first-order valence-electron chi connectivity index (χ1n) is 22.3. The van der Waals surface area contributed by atoms with Crippen LogP contribution in [-0.4, -0.2) is 0 Å². The number of hydrogen-bond acceptors (Lipinski definition) is 1. The Labute approximate surface area is 375 Å². The minimum Gasteiger partial charge on any atom is -0.309 e. The van der Waals surface area contributed by atoms with Gasteiger partial charge in [-0.05, 0) is 130 Å². The van der Waals surface area contributed by atoms with E-state index < -0.39 is 0 Å². The van der Waals surface area contributed by atoms with Gasteiger partial charge < -0.3 is 4.90 Å². The molecular weight excluding hydrogens is 771 g/mol. The first-order chi connectivity index (χ1) is 31.5. The van der Waals surface area contributed by atoms with Gasteiger partial charge in [0.05, 0.1) is 11.4 Å². The zero-order valence-corrected chi connectivity index (χ0v) is 36.0. The molecule has 0 unspecified atom stereocenters. The standard InChI is InChI=1S/C63H45N/c1-63(2)58-31-14-12-29-55(58)56-37-36-49(41-59(56)63)64(60-32-15-13-26-51(60)48-35-34-43-20-6-7-21-44(43)39-48)61-33-17-30-52(46-24-16-23-45(38-46)42-18-4-3-5-19-42)62(61)57-40-47-22-8-9-25-50(47)53-27-10-11-28-54(53)57/h3-41H,1-2H3. The molecule has 0 aromatic heterocycles. The van der Waals surface area contributed by atoms with Gasteiger partial charge >= 0.3 is 0 Å². The number of hydrogen-bond donors (Lipinski definition) is 0. The van der Waals surface area contributed by atoms with Crippen LogP contribution < -0.4 is 4.90 Å². The molecule has 0 N–H and O–H groups in total. The maximum absolute atomic E-state index is 2.55. The summed E-state index contributed by atoms with van der Waals surface area (Å²) in [5.74, 6) is 0. The molecule has 0 atom stereocenters. The fraction of sp³-hybridized carbons (Fsp3) is 0.0476. The Balaban J connectivity index is 1.19. The highest BCUT2D eigenvalue weighted by Gasteiger charge is 2.36. The molecule has 11 aromatic carbocycles. The van der Waals surface area contributed by atoms with Crippen LogP contribution in [0.15, 0.2) is 237 Å². The molecule has 0 saturated heterocycles. The lowest BCUT2D eigenvalue weighted by Crippen LogP contribution is -2.17. The maximum Gasteiger partial charge on any atom is 0.0546 e. The first-order valence-corrected chi connectivity index (χ1v) is 22.3. The monoisotopic (exact) mass is 815 g/mol. The highest BCUT2D eigenvalue weighted by molar-refractivity contribution is 6.17. The number of nitrogens with zero attached hydrogens (tertiary/aromatic N) is 1. The second kappa shape index (κ2) is 15.1. The van der Waals surface area contributed by atoms with Crippen LogP contribution in [0.1, 0.15) is 25.0 Å². The van der Waals surface area contributed by atoms with E-state index in [9.17, 15) is 0 Å². The second-order valence-electron chi connectivity index (χ2n) is 17.7. The van der Waals surface area contributed by atoms with Gasteiger partial charge in [-0.2, -0.15) is 0 Å². The summed E-state index contributed by atoms with van der Waals surface area (Å²) in [6.45, 7) is 4.75. The zero-order chi connectivity index (χ0) is 42.8. The van der Waals surface area contributed by atoms with Gasteiger partial charge in [-0.25, -0.2) is 0 Å². The van der Waals surface area contributed by atoms with Crippen LogP contribution in [0.3, 0.4) is 0 Å². The van der Waals surface area contributed by atoms with E-state index >= 15 is 0 Å². The smallest absolute Gasteiger partial charge is 0.0546 e. The summed E-state index contributed by atoms with van der Waals surface area (Å²) in [6, 6.07) is 87.6. The molecule has 302 valence electrons. The topological polar surface area (TPSA) is 3.24 Å². The number of anilines is 3. The quantitative estimate of drug-likeness (QED) is 0.145. The van der Waals surface area contributed by atoms with Crippen LogP contribution in [0.2, 0.25) is 0 Å². The van der Waals surface area contributed by atoms with Crippen LogP contribution in [0, 0.1) is 0 Å². The van der Waals surface area contributed by atoms with Crippen molar-refractivity contribution in [3.8, 4) is 55.6 Å². The van der Waals surface area contributed by atoms with Crippen LogP contribution in [-0.2, 0) is 5.41 Å². The Morgan fingerprint density at radius 3 is 1.75 bits per heavy atom. The van der Waals surface area contributed by atoms with Gasteiger partial charge in [-0.3, -0.25) is 0 Å². The van der Waals surface area contributed by atoms with Crippen molar-refractivity contribution < 1.29 is 0 Å². The van der Waals surface area contributed by atoms with Crippen molar-refractivity contribution in [1.29, 1.82) is 0 Å². The fourth-order valence-electron chi connectivity index (χ4n) is 10.5. The molecule has 64 heavy (non-hydrogen) atoms. The fourth-order valence-corrected chi connectivity index (χ4v) is 10.5. The lowest BCUT2D eigenvalue weighted by Gasteiger charge is -2.32. The summed E-state index contributed by atoms with van der Waals surface area (Å²) in [5, 5.41) is 7.40. The van der Waals surface area contributed by atoms with E-state index in [2.05, 4.69) is 255 Å². The van der Waals surface area contributed by atoms with E-state index in [0.717, 1.165) is 17.1 Å². The Morgan fingerprint density at radius 1 is 0.297 bits per heavy atom. The number of para-hydroxylation sites is 1. The molecule has 1 heteroatoms. The van der Waals surface area contributed by atoms with Crippen molar-refractivity contribution in [2.24, 2.45) is 0 Å². The molecule has 0 aliphatic heterocycles. The molecule has 0 fully saturated rings. The van der Waals surface area contributed by atoms with Crippen LogP contribution in [0.4, 0.5) is 17.1 Å². The lowest BCUT2D eigenvalue weighted by atomic mass is 9.82. The summed E-state index contributed by atoms with van der Waals surface area (Å²) in [6.07, 6.45) is 0. The molecular formula is C63H45N. The summed E-state index contributed by atoms with van der Waals surface area (Å²) < 4.78 is 0. The van der Waals surface area contributed by atoms with Crippen molar-refractivity contribution >= 4 is 49.4 Å². The minimum atomic E-state index is -0.178.